The highest BCUT2D eigenvalue weighted by Crippen LogP contribution is 2.26. The Bertz CT molecular complexity index is 696. The van der Waals surface area contributed by atoms with E-state index >= 15 is 0 Å². The summed E-state index contributed by atoms with van der Waals surface area (Å²) >= 11 is 0. The van der Waals surface area contributed by atoms with Gasteiger partial charge in [0, 0.05) is 11.6 Å². The second-order valence-electron chi connectivity index (χ2n) is 5.80. The fourth-order valence-electron chi connectivity index (χ4n) is 2.93. The number of fused-ring (bicyclic) bond motifs is 1. The molecule has 1 fully saturated rings. The third-order valence-electron chi connectivity index (χ3n) is 4.38. The van der Waals surface area contributed by atoms with Crippen molar-refractivity contribution in [1.29, 1.82) is 0 Å². The van der Waals surface area contributed by atoms with E-state index < -0.39 is 5.97 Å². The molecule has 2 aromatic rings. The van der Waals surface area contributed by atoms with Gasteiger partial charge in [-0.3, -0.25) is 9.69 Å². The highest BCUT2D eigenvalue weighted by molar-refractivity contribution is 5.79. The summed E-state index contributed by atoms with van der Waals surface area (Å²) in [6, 6.07) is 5.08. The third-order valence-corrected chi connectivity index (χ3v) is 4.38. The Morgan fingerprint density at radius 3 is 2.77 bits per heavy atom. The van der Waals surface area contributed by atoms with Crippen molar-refractivity contribution in [2.75, 3.05) is 13.1 Å². The zero-order valence-electron chi connectivity index (χ0n) is 12.4. The van der Waals surface area contributed by atoms with E-state index in [0.717, 1.165) is 29.8 Å². The van der Waals surface area contributed by atoms with Gasteiger partial charge < -0.3 is 10.2 Å². The quantitative estimate of drug-likeness (QED) is 0.903. The Morgan fingerprint density at radius 2 is 2.09 bits per heavy atom. The summed E-state index contributed by atoms with van der Waals surface area (Å²) < 4.78 is 0. The van der Waals surface area contributed by atoms with E-state index in [9.17, 15) is 9.90 Å². The Balaban J connectivity index is 1.76. The maximum atomic E-state index is 11.0. The summed E-state index contributed by atoms with van der Waals surface area (Å²) in [5, 5.41) is 19.3. The molecule has 1 saturated heterocycles. The average molecular weight is 301 g/mol. The zero-order valence-corrected chi connectivity index (χ0v) is 12.4. The van der Waals surface area contributed by atoms with Crippen LogP contribution in [0.5, 0.6) is 5.75 Å². The van der Waals surface area contributed by atoms with Gasteiger partial charge in [-0.1, -0.05) is 0 Å². The van der Waals surface area contributed by atoms with E-state index in [-0.39, 0.29) is 17.7 Å². The van der Waals surface area contributed by atoms with Crippen LogP contribution >= 0.6 is 0 Å². The maximum Gasteiger partial charge on any atom is 0.306 e. The lowest BCUT2D eigenvalue weighted by molar-refractivity contribution is -0.143. The van der Waals surface area contributed by atoms with Crippen LogP contribution in [0.15, 0.2) is 24.4 Å². The number of rotatable bonds is 3. The highest BCUT2D eigenvalue weighted by Gasteiger charge is 2.28. The zero-order chi connectivity index (χ0) is 15.7. The van der Waals surface area contributed by atoms with E-state index in [1.165, 1.54) is 0 Å². The van der Waals surface area contributed by atoms with Crippen LogP contribution in [0.25, 0.3) is 10.9 Å². The summed E-state index contributed by atoms with van der Waals surface area (Å²) in [5.74, 6) is -0.00220. The molecule has 22 heavy (non-hydrogen) atoms. The third kappa shape index (κ3) is 2.87. The first-order valence-electron chi connectivity index (χ1n) is 7.47. The first-order chi connectivity index (χ1) is 10.5. The molecule has 2 heterocycles. The molecular weight excluding hydrogens is 282 g/mol. The summed E-state index contributed by atoms with van der Waals surface area (Å²) in [4.78, 5) is 22.2. The van der Waals surface area contributed by atoms with Crippen molar-refractivity contribution >= 4 is 16.9 Å². The molecule has 2 N–H and O–H groups in total. The van der Waals surface area contributed by atoms with Crippen molar-refractivity contribution in [3.8, 4) is 5.75 Å². The van der Waals surface area contributed by atoms with Crippen molar-refractivity contribution in [3.05, 3.63) is 30.2 Å². The molecule has 6 nitrogen and oxygen atoms in total. The van der Waals surface area contributed by atoms with Gasteiger partial charge in [0.25, 0.3) is 0 Å². The topological polar surface area (TPSA) is 86.6 Å². The van der Waals surface area contributed by atoms with Crippen molar-refractivity contribution < 1.29 is 15.0 Å². The molecule has 1 atom stereocenters. The van der Waals surface area contributed by atoms with Gasteiger partial charge in [0.1, 0.15) is 11.6 Å². The van der Waals surface area contributed by atoms with Crippen molar-refractivity contribution in [3.63, 3.8) is 0 Å². The summed E-state index contributed by atoms with van der Waals surface area (Å²) in [6.45, 7) is 3.53. The summed E-state index contributed by atoms with van der Waals surface area (Å²) in [7, 11) is 0. The Kier molecular flexibility index (Phi) is 3.94. The molecule has 1 aliphatic rings. The second-order valence-corrected chi connectivity index (χ2v) is 5.80. The average Bonchev–Trinajstić information content (AvgIpc) is 2.53. The fourth-order valence-corrected chi connectivity index (χ4v) is 2.93. The molecule has 0 aliphatic carbocycles. The minimum absolute atomic E-state index is 0.0490. The summed E-state index contributed by atoms with van der Waals surface area (Å²) in [5.41, 5.74) is 0.801. The molecule has 1 aromatic heterocycles. The molecule has 1 unspecified atom stereocenters. The van der Waals surface area contributed by atoms with Crippen LogP contribution in [0.4, 0.5) is 0 Å². The van der Waals surface area contributed by atoms with Crippen molar-refractivity contribution in [2.45, 2.75) is 25.8 Å². The molecule has 6 heteroatoms. The number of aliphatic carboxylic acids is 1. The minimum Gasteiger partial charge on any atom is -0.508 e. The number of hydrogen-bond acceptors (Lipinski definition) is 5. The largest absolute Gasteiger partial charge is 0.508 e. The van der Waals surface area contributed by atoms with Gasteiger partial charge >= 0.3 is 5.97 Å². The predicted octanol–water partition coefficient (Wildman–Crippen LogP) is 2.19. The number of aromatic nitrogens is 2. The molecular formula is C16H19N3O3. The molecule has 0 radical (unpaired) electrons. The van der Waals surface area contributed by atoms with Crippen LogP contribution < -0.4 is 0 Å². The van der Waals surface area contributed by atoms with E-state index in [2.05, 4.69) is 14.9 Å². The van der Waals surface area contributed by atoms with Gasteiger partial charge in [-0.15, -0.1) is 0 Å². The normalized spacial score (nSPS) is 18.4. The number of phenols is 1. The number of nitrogens with zero attached hydrogens (tertiary/aromatic N) is 3. The number of phenolic OH excluding ortho intramolecular Hbond substituents is 1. The van der Waals surface area contributed by atoms with E-state index in [0.29, 0.717) is 12.8 Å². The molecule has 1 aromatic carbocycles. The number of piperidine rings is 1. The first-order valence-corrected chi connectivity index (χ1v) is 7.47. The smallest absolute Gasteiger partial charge is 0.306 e. The van der Waals surface area contributed by atoms with Gasteiger partial charge in [-0.25, -0.2) is 9.97 Å². The van der Waals surface area contributed by atoms with Gasteiger partial charge in [-0.2, -0.15) is 0 Å². The Morgan fingerprint density at radius 1 is 1.36 bits per heavy atom. The molecule has 0 amide bonds. The summed E-state index contributed by atoms with van der Waals surface area (Å²) in [6.07, 6.45) is 3.06. The van der Waals surface area contributed by atoms with Crippen LogP contribution in [-0.2, 0) is 4.79 Å². The number of carbonyl (C=O) groups is 1. The van der Waals surface area contributed by atoms with Crippen LogP contribution in [0.3, 0.4) is 0 Å². The highest BCUT2D eigenvalue weighted by atomic mass is 16.4. The Labute approximate surface area is 128 Å². The SMILES string of the molecule is CC(c1ncc2cc(O)ccc2n1)N1CCC(C(=O)O)CC1. The lowest BCUT2D eigenvalue weighted by Crippen LogP contribution is -2.38. The van der Waals surface area contributed by atoms with Crippen LogP contribution in [0, 0.1) is 5.92 Å². The maximum absolute atomic E-state index is 11.0. The monoisotopic (exact) mass is 301 g/mol. The number of carboxylic acid groups (broad SMARTS) is 1. The van der Waals surface area contributed by atoms with E-state index in [4.69, 9.17) is 5.11 Å². The lowest BCUT2D eigenvalue weighted by Gasteiger charge is -2.33. The fraction of sp³-hybridized carbons (Fsp3) is 0.438. The van der Waals surface area contributed by atoms with Crippen molar-refractivity contribution in [1.82, 2.24) is 14.9 Å². The van der Waals surface area contributed by atoms with Gasteiger partial charge in [0.15, 0.2) is 0 Å². The number of hydrogen-bond donors (Lipinski definition) is 2. The predicted molar refractivity (Wildman–Crippen MR) is 81.6 cm³/mol. The number of carboxylic acids is 1. The van der Waals surface area contributed by atoms with Gasteiger partial charge in [0.05, 0.1) is 17.5 Å². The standard InChI is InChI=1S/C16H19N3O3/c1-10(19-6-4-11(5-7-19)16(21)22)15-17-9-12-8-13(20)2-3-14(12)18-15/h2-3,8-11,20H,4-7H2,1H3,(H,21,22). The number of likely N-dealkylation sites (tertiary alicyclic amines) is 1. The molecule has 116 valence electrons. The lowest BCUT2D eigenvalue weighted by atomic mass is 9.96. The molecule has 1 aliphatic heterocycles. The van der Waals surface area contributed by atoms with E-state index in [1.54, 1.807) is 24.4 Å². The molecule has 0 bridgehead atoms. The minimum atomic E-state index is -0.700. The van der Waals surface area contributed by atoms with Crippen LogP contribution in [0.1, 0.15) is 31.6 Å². The number of benzene rings is 1. The van der Waals surface area contributed by atoms with Gasteiger partial charge in [-0.05, 0) is 51.1 Å². The molecule has 3 rings (SSSR count). The second kappa shape index (κ2) is 5.88. The molecule has 0 spiro atoms. The van der Waals surface area contributed by atoms with Crippen LogP contribution in [0.2, 0.25) is 0 Å². The van der Waals surface area contributed by atoms with Gasteiger partial charge in [0.2, 0.25) is 0 Å². The Hall–Kier alpha value is -2.21. The van der Waals surface area contributed by atoms with E-state index in [1.807, 2.05) is 6.92 Å². The first kappa shape index (κ1) is 14.7. The van der Waals surface area contributed by atoms with Crippen LogP contribution in [-0.4, -0.2) is 44.1 Å². The number of aromatic hydroxyl groups is 1. The van der Waals surface area contributed by atoms with Crippen molar-refractivity contribution in [2.24, 2.45) is 5.92 Å². The molecule has 0 saturated carbocycles.